The fraction of sp³-hybridized carbons (Fsp3) is 0.0400. The lowest BCUT2D eigenvalue weighted by atomic mass is 9.99. The summed E-state index contributed by atoms with van der Waals surface area (Å²) in [4.78, 5) is 52.2. The minimum atomic E-state index is -0.620. The SMILES string of the molecule is O=C1NC(=O)/C(=C2/C(=O)N(Cc3ccc(Cl)c(Cl)c3)c3cc(C(=O)c4ccccc4)ccc32)S1. The number of nitrogens with zero attached hydrogens (tertiary/aromatic N) is 1. The largest absolute Gasteiger partial charge is 0.303 e. The van der Waals surface area contributed by atoms with Gasteiger partial charge in [-0.2, -0.15) is 0 Å². The predicted octanol–water partition coefficient (Wildman–Crippen LogP) is 5.47. The van der Waals surface area contributed by atoms with Crippen LogP contribution in [-0.2, 0) is 16.1 Å². The van der Waals surface area contributed by atoms with E-state index in [-0.39, 0.29) is 22.8 Å². The van der Waals surface area contributed by atoms with E-state index < -0.39 is 17.1 Å². The molecule has 0 atom stereocenters. The van der Waals surface area contributed by atoms with Crippen molar-refractivity contribution in [1.29, 1.82) is 0 Å². The van der Waals surface area contributed by atoms with E-state index in [0.29, 0.717) is 49.7 Å². The van der Waals surface area contributed by atoms with Gasteiger partial charge in [-0.25, -0.2) is 0 Å². The Hall–Kier alpha value is -3.39. The quantitative estimate of drug-likeness (QED) is 0.373. The minimum Gasteiger partial charge on any atom is -0.303 e. The Bertz CT molecular complexity index is 1440. The number of hydrogen-bond acceptors (Lipinski definition) is 5. The van der Waals surface area contributed by atoms with E-state index in [1.165, 1.54) is 4.90 Å². The second-order valence-electron chi connectivity index (χ2n) is 7.61. The zero-order chi connectivity index (χ0) is 24.0. The highest BCUT2D eigenvalue weighted by Crippen LogP contribution is 2.44. The van der Waals surface area contributed by atoms with E-state index in [9.17, 15) is 19.2 Å². The molecule has 1 fully saturated rings. The molecule has 0 unspecified atom stereocenters. The van der Waals surface area contributed by atoms with Gasteiger partial charge in [-0.3, -0.25) is 24.5 Å². The molecule has 3 aromatic carbocycles. The molecule has 3 aromatic rings. The lowest BCUT2D eigenvalue weighted by Gasteiger charge is -2.18. The number of amides is 3. The number of carbonyl (C=O) groups excluding carboxylic acids is 4. The first-order valence-corrected chi connectivity index (χ1v) is 11.7. The van der Waals surface area contributed by atoms with Gasteiger partial charge in [0.15, 0.2) is 5.78 Å². The summed E-state index contributed by atoms with van der Waals surface area (Å²) in [6.45, 7) is 0.128. The standard InChI is InChI=1S/C25H14Cl2N2O4S/c26-17-9-6-13(10-18(17)27)12-29-19-11-15(21(30)14-4-2-1-3-5-14)7-8-16(19)20(24(29)32)22-23(31)28-25(33)34-22/h1-11H,12H2,(H,28,31,33)/b22-20-. The Kier molecular flexibility index (Phi) is 5.77. The summed E-state index contributed by atoms with van der Waals surface area (Å²) in [6, 6.07) is 18.7. The van der Waals surface area contributed by atoms with Crippen molar-refractivity contribution in [3.05, 3.63) is 104 Å². The number of thioether (sulfide) groups is 1. The van der Waals surface area contributed by atoms with Crippen LogP contribution in [0.15, 0.2) is 71.6 Å². The van der Waals surface area contributed by atoms with Gasteiger partial charge in [0.05, 0.1) is 32.8 Å². The number of hydrogen-bond donors (Lipinski definition) is 1. The third kappa shape index (κ3) is 3.92. The van der Waals surface area contributed by atoms with Gasteiger partial charge < -0.3 is 4.90 Å². The zero-order valence-corrected chi connectivity index (χ0v) is 19.6. The topological polar surface area (TPSA) is 83.6 Å². The molecular weight excluding hydrogens is 495 g/mol. The molecule has 2 heterocycles. The van der Waals surface area contributed by atoms with Crippen LogP contribution in [0.2, 0.25) is 10.0 Å². The van der Waals surface area contributed by atoms with Crippen molar-refractivity contribution < 1.29 is 19.2 Å². The van der Waals surface area contributed by atoms with Crippen molar-refractivity contribution in [3.63, 3.8) is 0 Å². The van der Waals surface area contributed by atoms with Gasteiger partial charge in [-0.05, 0) is 35.5 Å². The maximum absolute atomic E-state index is 13.5. The Morgan fingerprint density at radius 1 is 0.882 bits per heavy atom. The van der Waals surface area contributed by atoms with E-state index in [4.69, 9.17) is 23.2 Å². The monoisotopic (exact) mass is 508 g/mol. The summed E-state index contributed by atoms with van der Waals surface area (Å²) in [5.41, 5.74) is 2.68. The van der Waals surface area contributed by atoms with Crippen molar-refractivity contribution in [1.82, 2.24) is 5.32 Å². The number of anilines is 1. The Balaban J connectivity index is 1.63. The third-order valence-corrected chi connectivity index (χ3v) is 7.10. The highest BCUT2D eigenvalue weighted by atomic mass is 35.5. The lowest BCUT2D eigenvalue weighted by Crippen LogP contribution is -2.27. The zero-order valence-electron chi connectivity index (χ0n) is 17.3. The van der Waals surface area contributed by atoms with Gasteiger partial charge in [0.1, 0.15) is 0 Å². The smallest absolute Gasteiger partial charge is 0.290 e. The fourth-order valence-corrected chi connectivity index (χ4v) is 4.99. The second-order valence-corrected chi connectivity index (χ2v) is 9.41. The highest BCUT2D eigenvalue weighted by Gasteiger charge is 2.40. The molecule has 2 aliphatic heterocycles. The first-order valence-electron chi connectivity index (χ1n) is 10.1. The molecule has 1 N–H and O–H groups in total. The first kappa shape index (κ1) is 22.4. The second kappa shape index (κ2) is 8.76. The molecular formula is C25H14Cl2N2O4S. The average Bonchev–Trinajstić information content (AvgIpc) is 3.30. The Morgan fingerprint density at radius 3 is 2.32 bits per heavy atom. The maximum Gasteiger partial charge on any atom is 0.290 e. The van der Waals surface area contributed by atoms with Crippen molar-refractivity contribution in [3.8, 4) is 0 Å². The van der Waals surface area contributed by atoms with E-state index in [2.05, 4.69) is 5.32 Å². The van der Waals surface area contributed by atoms with Crippen LogP contribution in [0.4, 0.5) is 10.5 Å². The van der Waals surface area contributed by atoms with Crippen molar-refractivity contribution >= 4 is 69.1 Å². The number of ketones is 1. The number of halogens is 2. The molecule has 9 heteroatoms. The minimum absolute atomic E-state index is 0.0371. The van der Waals surface area contributed by atoms with Gasteiger partial charge in [0, 0.05) is 16.7 Å². The molecule has 0 radical (unpaired) electrons. The van der Waals surface area contributed by atoms with Crippen LogP contribution in [0.5, 0.6) is 0 Å². The number of nitrogens with one attached hydrogen (secondary N) is 1. The number of fused-ring (bicyclic) bond motifs is 1. The number of imide groups is 1. The van der Waals surface area contributed by atoms with E-state index in [1.807, 2.05) is 6.07 Å². The van der Waals surface area contributed by atoms with Gasteiger partial charge in [0.2, 0.25) is 0 Å². The molecule has 168 valence electrons. The Labute approximate surface area is 208 Å². The molecule has 0 bridgehead atoms. The van der Waals surface area contributed by atoms with Crippen LogP contribution in [0, 0.1) is 0 Å². The fourth-order valence-electron chi connectivity index (χ4n) is 3.90. The molecule has 0 aromatic heterocycles. The van der Waals surface area contributed by atoms with Crippen molar-refractivity contribution in [2.75, 3.05) is 4.90 Å². The molecule has 5 rings (SSSR count). The molecule has 0 spiro atoms. The highest BCUT2D eigenvalue weighted by molar-refractivity contribution is 8.18. The molecule has 3 amide bonds. The molecule has 6 nitrogen and oxygen atoms in total. The average molecular weight is 509 g/mol. The maximum atomic E-state index is 13.5. The molecule has 34 heavy (non-hydrogen) atoms. The van der Waals surface area contributed by atoms with Crippen LogP contribution in [0.25, 0.3) is 5.57 Å². The number of benzene rings is 3. The third-order valence-electron chi connectivity index (χ3n) is 5.48. The predicted molar refractivity (Wildman–Crippen MR) is 132 cm³/mol. The molecule has 1 saturated heterocycles. The molecule has 0 aliphatic carbocycles. The van der Waals surface area contributed by atoms with Crippen LogP contribution in [0.1, 0.15) is 27.0 Å². The van der Waals surface area contributed by atoms with E-state index in [0.717, 1.165) is 0 Å². The molecule has 0 saturated carbocycles. The lowest BCUT2D eigenvalue weighted by molar-refractivity contribution is -0.116. The van der Waals surface area contributed by atoms with E-state index >= 15 is 0 Å². The van der Waals surface area contributed by atoms with Gasteiger partial charge in [0.25, 0.3) is 17.1 Å². The van der Waals surface area contributed by atoms with Crippen molar-refractivity contribution in [2.45, 2.75) is 6.54 Å². The van der Waals surface area contributed by atoms with Crippen LogP contribution in [-0.4, -0.2) is 22.8 Å². The van der Waals surface area contributed by atoms with Gasteiger partial charge in [-0.1, -0.05) is 71.7 Å². The summed E-state index contributed by atoms with van der Waals surface area (Å²) >= 11 is 12.9. The normalized spacial score (nSPS) is 17.2. The number of carbonyl (C=O) groups is 4. The first-order chi connectivity index (χ1) is 16.3. The Morgan fingerprint density at radius 2 is 1.65 bits per heavy atom. The summed E-state index contributed by atoms with van der Waals surface area (Å²) in [7, 11) is 0. The van der Waals surface area contributed by atoms with E-state index in [1.54, 1.807) is 60.7 Å². The van der Waals surface area contributed by atoms with Gasteiger partial charge in [-0.15, -0.1) is 0 Å². The van der Waals surface area contributed by atoms with Crippen LogP contribution in [0.3, 0.4) is 0 Å². The van der Waals surface area contributed by atoms with Crippen LogP contribution >= 0.6 is 35.0 Å². The van der Waals surface area contributed by atoms with Gasteiger partial charge >= 0.3 is 0 Å². The number of rotatable bonds is 4. The summed E-state index contributed by atoms with van der Waals surface area (Å²) < 4.78 is 0. The van der Waals surface area contributed by atoms with Crippen molar-refractivity contribution in [2.24, 2.45) is 0 Å². The summed E-state index contributed by atoms with van der Waals surface area (Å²) in [5, 5.41) is 2.38. The van der Waals surface area contributed by atoms with Crippen LogP contribution < -0.4 is 10.2 Å². The summed E-state index contributed by atoms with van der Waals surface area (Å²) in [5.74, 6) is -1.27. The summed E-state index contributed by atoms with van der Waals surface area (Å²) in [6.07, 6.45) is 0. The molecule has 2 aliphatic rings.